The predicted octanol–water partition coefficient (Wildman–Crippen LogP) is 1.25. The van der Waals surface area contributed by atoms with Crippen LogP contribution in [0.25, 0.3) is 0 Å². The smallest absolute Gasteiger partial charge is 0.209 e. The molecular formula is C13H16O4. The lowest BCUT2D eigenvalue weighted by Crippen LogP contribution is -2.42. The van der Waals surface area contributed by atoms with E-state index >= 15 is 0 Å². The Balaban J connectivity index is 2.06. The minimum atomic E-state index is -0.966. The lowest BCUT2D eigenvalue weighted by Gasteiger charge is -2.26. The maximum absolute atomic E-state index is 11.6. The fraction of sp³-hybridized carbons (Fsp3) is 0.692. The van der Waals surface area contributed by atoms with Crippen molar-refractivity contribution < 1.29 is 19.2 Å². The predicted molar refractivity (Wildman–Crippen MR) is 59.3 cm³/mol. The fourth-order valence-electron chi connectivity index (χ4n) is 2.80. The van der Waals surface area contributed by atoms with E-state index in [4.69, 9.17) is 0 Å². The van der Waals surface area contributed by atoms with Crippen LogP contribution in [-0.4, -0.2) is 23.1 Å². The summed E-state index contributed by atoms with van der Waals surface area (Å²) in [6.07, 6.45) is 5.30. The zero-order valence-electron chi connectivity index (χ0n) is 9.74. The molecule has 0 aromatic rings. The summed E-state index contributed by atoms with van der Waals surface area (Å²) in [5.74, 6) is -3.29. The molecule has 17 heavy (non-hydrogen) atoms. The second-order valence-corrected chi connectivity index (χ2v) is 5.04. The van der Waals surface area contributed by atoms with Crippen LogP contribution in [0.15, 0.2) is 0 Å². The van der Waals surface area contributed by atoms with Gasteiger partial charge in [-0.25, -0.2) is 0 Å². The van der Waals surface area contributed by atoms with Crippen LogP contribution >= 0.6 is 0 Å². The Morgan fingerprint density at radius 2 is 1.35 bits per heavy atom. The molecule has 0 heterocycles. The second kappa shape index (κ2) is 4.90. The molecule has 0 bridgehead atoms. The highest BCUT2D eigenvalue weighted by Crippen LogP contribution is 2.31. The molecule has 2 saturated carbocycles. The van der Waals surface area contributed by atoms with Gasteiger partial charge in [0.25, 0.3) is 0 Å². The number of carbonyl (C=O) groups excluding carboxylic acids is 4. The summed E-state index contributed by atoms with van der Waals surface area (Å²) in [5.41, 5.74) is 0. The van der Waals surface area contributed by atoms with E-state index in [1.807, 2.05) is 0 Å². The van der Waals surface area contributed by atoms with Crippen LogP contribution in [0.1, 0.15) is 44.9 Å². The van der Waals surface area contributed by atoms with Crippen molar-refractivity contribution in [2.75, 3.05) is 0 Å². The van der Waals surface area contributed by atoms with Gasteiger partial charge in [-0.05, 0) is 12.3 Å². The van der Waals surface area contributed by atoms with Crippen molar-refractivity contribution >= 4 is 23.1 Å². The monoisotopic (exact) mass is 236 g/mol. The van der Waals surface area contributed by atoms with Gasteiger partial charge in [0.15, 0.2) is 0 Å². The number of Topliss-reactive ketones (excluding diaryl/α,β-unsaturated/α-hetero) is 4. The zero-order chi connectivity index (χ0) is 12.4. The highest BCUT2D eigenvalue weighted by Gasteiger charge is 2.42. The molecule has 4 heteroatoms. The topological polar surface area (TPSA) is 68.3 Å². The molecular weight excluding hydrogens is 220 g/mol. The highest BCUT2D eigenvalue weighted by atomic mass is 16.2. The average Bonchev–Trinajstić information content (AvgIpc) is 2.33. The Hall–Kier alpha value is -1.32. The van der Waals surface area contributed by atoms with E-state index in [9.17, 15) is 19.2 Å². The van der Waals surface area contributed by atoms with Gasteiger partial charge >= 0.3 is 0 Å². The number of carbonyl (C=O) groups is 4. The third-order valence-corrected chi connectivity index (χ3v) is 3.80. The van der Waals surface area contributed by atoms with Crippen LogP contribution in [-0.2, 0) is 19.2 Å². The van der Waals surface area contributed by atoms with Gasteiger partial charge in [0.1, 0.15) is 0 Å². The standard InChI is InChI=1S/C13H16O4/c14-10-7-11(15)13(17)9(12(10)16)6-8-4-2-1-3-5-8/h8-9H,1-7H2. The maximum Gasteiger partial charge on any atom is 0.209 e. The molecule has 0 N–H and O–H groups in total. The SMILES string of the molecule is O=C1CC(=O)C(=O)C(CC2CCCCC2)C1=O. The molecule has 2 aliphatic carbocycles. The molecule has 0 radical (unpaired) electrons. The van der Waals surface area contributed by atoms with Gasteiger partial charge in [0.05, 0.1) is 12.3 Å². The fourth-order valence-corrected chi connectivity index (χ4v) is 2.80. The Morgan fingerprint density at radius 3 is 1.88 bits per heavy atom. The zero-order valence-corrected chi connectivity index (χ0v) is 9.74. The lowest BCUT2D eigenvalue weighted by molar-refractivity contribution is -0.152. The Morgan fingerprint density at radius 1 is 0.824 bits per heavy atom. The average molecular weight is 236 g/mol. The summed E-state index contributed by atoms with van der Waals surface area (Å²) in [6.45, 7) is 0. The minimum absolute atomic E-state index is 0.320. The molecule has 0 amide bonds. The number of rotatable bonds is 2. The van der Waals surface area contributed by atoms with E-state index < -0.39 is 35.5 Å². The summed E-state index contributed by atoms with van der Waals surface area (Å²) in [4.78, 5) is 45.8. The van der Waals surface area contributed by atoms with E-state index in [1.165, 1.54) is 6.42 Å². The van der Waals surface area contributed by atoms with Crippen molar-refractivity contribution in [2.45, 2.75) is 44.9 Å². The first-order chi connectivity index (χ1) is 8.09. The van der Waals surface area contributed by atoms with Crippen molar-refractivity contribution in [1.82, 2.24) is 0 Å². The second-order valence-electron chi connectivity index (χ2n) is 5.04. The van der Waals surface area contributed by atoms with Crippen molar-refractivity contribution in [1.29, 1.82) is 0 Å². The minimum Gasteiger partial charge on any atom is -0.290 e. The van der Waals surface area contributed by atoms with Crippen LogP contribution in [0.3, 0.4) is 0 Å². The Bertz CT molecular complexity index is 351. The third-order valence-electron chi connectivity index (χ3n) is 3.80. The van der Waals surface area contributed by atoms with Crippen molar-refractivity contribution in [3.63, 3.8) is 0 Å². The lowest BCUT2D eigenvalue weighted by atomic mass is 9.76. The van der Waals surface area contributed by atoms with Gasteiger partial charge in [-0.1, -0.05) is 32.1 Å². The summed E-state index contributed by atoms with van der Waals surface area (Å²) < 4.78 is 0. The van der Waals surface area contributed by atoms with Gasteiger partial charge in [-0.15, -0.1) is 0 Å². The molecule has 0 atom stereocenters. The van der Waals surface area contributed by atoms with Crippen molar-refractivity contribution in [2.24, 2.45) is 11.8 Å². The van der Waals surface area contributed by atoms with Gasteiger partial charge in [-0.3, -0.25) is 19.2 Å². The molecule has 2 aliphatic rings. The molecule has 0 unspecified atom stereocenters. The number of hydrogen-bond acceptors (Lipinski definition) is 4. The Kier molecular flexibility index (Phi) is 3.50. The molecule has 0 saturated heterocycles. The first kappa shape index (κ1) is 12.1. The van der Waals surface area contributed by atoms with E-state index in [0.717, 1.165) is 25.7 Å². The quantitative estimate of drug-likeness (QED) is 0.534. The summed E-state index contributed by atoms with van der Waals surface area (Å²) in [6, 6.07) is 0. The van der Waals surface area contributed by atoms with Crippen LogP contribution in [0.5, 0.6) is 0 Å². The molecule has 4 nitrogen and oxygen atoms in total. The molecule has 92 valence electrons. The molecule has 0 aliphatic heterocycles. The van der Waals surface area contributed by atoms with E-state index in [-0.39, 0.29) is 0 Å². The molecule has 0 aromatic carbocycles. The molecule has 2 fully saturated rings. The molecule has 2 rings (SSSR count). The van der Waals surface area contributed by atoms with Gasteiger partial charge in [-0.2, -0.15) is 0 Å². The van der Waals surface area contributed by atoms with Crippen LogP contribution in [0, 0.1) is 11.8 Å². The van der Waals surface area contributed by atoms with Crippen LogP contribution in [0.2, 0.25) is 0 Å². The highest BCUT2D eigenvalue weighted by molar-refractivity contribution is 6.59. The van der Waals surface area contributed by atoms with E-state index in [0.29, 0.717) is 12.3 Å². The summed E-state index contributed by atoms with van der Waals surface area (Å²) >= 11 is 0. The van der Waals surface area contributed by atoms with Crippen molar-refractivity contribution in [3.8, 4) is 0 Å². The first-order valence-electron chi connectivity index (χ1n) is 6.23. The molecule has 0 spiro atoms. The van der Waals surface area contributed by atoms with Crippen LogP contribution < -0.4 is 0 Å². The van der Waals surface area contributed by atoms with Gasteiger partial charge < -0.3 is 0 Å². The van der Waals surface area contributed by atoms with Crippen molar-refractivity contribution in [3.05, 3.63) is 0 Å². The molecule has 0 aromatic heterocycles. The Labute approximate surface area is 99.8 Å². The normalized spacial score (nSPS) is 24.5. The van der Waals surface area contributed by atoms with Crippen LogP contribution in [0.4, 0.5) is 0 Å². The summed E-state index contributed by atoms with van der Waals surface area (Å²) in [7, 11) is 0. The van der Waals surface area contributed by atoms with Gasteiger partial charge in [0, 0.05) is 0 Å². The number of hydrogen-bond donors (Lipinski definition) is 0. The van der Waals surface area contributed by atoms with Gasteiger partial charge in [0.2, 0.25) is 23.1 Å². The van der Waals surface area contributed by atoms with E-state index in [2.05, 4.69) is 0 Å². The summed E-state index contributed by atoms with van der Waals surface area (Å²) in [5, 5.41) is 0. The number of ketones is 4. The largest absolute Gasteiger partial charge is 0.290 e. The maximum atomic E-state index is 11.6. The van der Waals surface area contributed by atoms with E-state index in [1.54, 1.807) is 0 Å². The first-order valence-corrected chi connectivity index (χ1v) is 6.23. The third kappa shape index (κ3) is 2.51.